The quantitative estimate of drug-likeness (QED) is 0.0222. The highest BCUT2D eigenvalue weighted by Gasteiger charge is 2.30. The molecule has 0 aromatic carbocycles. The molecule has 17 nitrogen and oxygen atoms in total. The fourth-order valence-electron chi connectivity index (χ4n) is 13.5. The number of unbranched alkanes of at least 4 members (excludes halogenated alkanes) is 53. The monoisotopic (exact) mass is 1550 g/mol. The predicted octanol–water partition coefficient (Wildman–Crippen LogP) is 26.5. The summed E-state index contributed by atoms with van der Waals surface area (Å²) in [7, 11) is -9.92. The third kappa shape index (κ3) is 80.1. The van der Waals surface area contributed by atoms with Crippen LogP contribution in [0.5, 0.6) is 0 Å². The zero-order valence-corrected chi connectivity index (χ0v) is 71.7. The summed E-state index contributed by atoms with van der Waals surface area (Å²) in [5.41, 5.74) is 0. The summed E-state index contributed by atoms with van der Waals surface area (Å²) in [6.45, 7) is 12.0. The minimum atomic E-state index is -4.96. The van der Waals surface area contributed by atoms with Crippen molar-refractivity contribution in [1.29, 1.82) is 0 Å². The summed E-state index contributed by atoms with van der Waals surface area (Å²) in [4.78, 5) is 72.9. The molecular formula is C87H170O17P2. The van der Waals surface area contributed by atoms with Crippen LogP contribution >= 0.6 is 15.6 Å². The maximum atomic E-state index is 13.1. The van der Waals surface area contributed by atoms with Crippen molar-refractivity contribution in [3.8, 4) is 0 Å². The third-order valence-corrected chi connectivity index (χ3v) is 22.3. The Morgan fingerprint density at radius 1 is 0.255 bits per heavy atom. The second-order valence-corrected chi connectivity index (χ2v) is 35.6. The van der Waals surface area contributed by atoms with E-state index in [0.29, 0.717) is 25.7 Å². The number of ether oxygens (including phenoxy) is 4. The lowest BCUT2D eigenvalue weighted by atomic mass is 10.0. The minimum absolute atomic E-state index is 0.107. The molecule has 0 aliphatic carbocycles. The van der Waals surface area contributed by atoms with Crippen LogP contribution in [0.1, 0.15) is 459 Å². The van der Waals surface area contributed by atoms with E-state index in [4.69, 9.17) is 37.0 Å². The number of aliphatic hydroxyl groups excluding tert-OH is 1. The molecule has 0 aliphatic rings. The van der Waals surface area contributed by atoms with E-state index in [1.165, 1.54) is 263 Å². The van der Waals surface area contributed by atoms with Gasteiger partial charge in [-0.25, -0.2) is 9.13 Å². The fourth-order valence-corrected chi connectivity index (χ4v) is 15.1. The Labute approximate surface area is 651 Å². The van der Waals surface area contributed by atoms with Gasteiger partial charge in [0.2, 0.25) is 0 Å². The number of aliphatic hydroxyl groups is 1. The zero-order valence-electron chi connectivity index (χ0n) is 69.9. The second-order valence-electron chi connectivity index (χ2n) is 32.7. The molecule has 5 atom stereocenters. The Kier molecular flexibility index (Phi) is 75.6. The highest BCUT2D eigenvalue weighted by molar-refractivity contribution is 7.47. The minimum Gasteiger partial charge on any atom is -0.462 e. The highest BCUT2D eigenvalue weighted by Crippen LogP contribution is 2.45. The summed E-state index contributed by atoms with van der Waals surface area (Å²) in [5, 5.41) is 10.6. The Hall–Kier alpha value is -1.94. The first-order valence-electron chi connectivity index (χ1n) is 44.8. The second kappa shape index (κ2) is 77.0. The van der Waals surface area contributed by atoms with Crippen molar-refractivity contribution in [3.63, 3.8) is 0 Å². The van der Waals surface area contributed by atoms with Crippen LogP contribution in [-0.4, -0.2) is 96.7 Å². The Balaban J connectivity index is 5.09. The molecule has 630 valence electrons. The van der Waals surface area contributed by atoms with Gasteiger partial charge in [0, 0.05) is 25.7 Å². The standard InChI is InChI=1S/C87H170O17P2/c1-8-9-10-51-61-68-84(89)97-74-82(103-86(91)70-63-56-50-44-38-32-26-20-19-23-29-35-41-47-54-60-67-80(6)7)76-101-105(93,94)99-72-81(88)73-100-106(95,96)102-77-83(104-87(92)71-64-57-49-43-37-31-25-18-14-12-16-22-28-34-40-46-53-59-66-79(4)5)75-98-85(90)69-62-55-48-42-36-30-24-17-13-11-15-21-27-33-39-45-52-58-65-78(2)3/h78-83,88H,8-77H2,1-7H3,(H,93,94)(H,95,96)/t81-,82+,83+/m0/s1. The first-order chi connectivity index (χ1) is 51.2. The van der Waals surface area contributed by atoms with E-state index in [9.17, 15) is 43.2 Å². The van der Waals surface area contributed by atoms with E-state index in [-0.39, 0.29) is 25.7 Å². The molecule has 0 saturated carbocycles. The van der Waals surface area contributed by atoms with E-state index in [1.54, 1.807) is 0 Å². The van der Waals surface area contributed by atoms with Crippen LogP contribution in [0.25, 0.3) is 0 Å². The van der Waals surface area contributed by atoms with Gasteiger partial charge in [0.15, 0.2) is 12.2 Å². The molecule has 0 spiro atoms. The average Bonchev–Trinajstić information content (AvgIpc) is 0.901. The fraction of sp³-hybridized carbons (Fsp3) is 0.954. The summed E-state index contributed by atoms with van der Waals surface area (Å²) >= 11 is 0. The number of phosphoric ester groups is 2. The summed E-state index contributed by atoms with van der Waals surface area (Å²) in [6.07, 6.45) is 68.6. The molecule has 0 radical (unpaired) electrons. The van der Waals surface area contributed by atoms with Gasteiger partial charge >= 0.3 is 39.5 Å². The molecule has 2 unspecified atom stereocenters. The Bertz CT molecular complexity index is 2040. The Morgan fingerprint density at radius 3 is 0.642 bits per heavy atom. The van der Waals surface area contributed by atoms with Crippen LogP contribution in [0.3, 0.4) is 0 Å². The molecule has 0 aromatic heterocycles. The number of esters is 4. The third-order valence-electron chi connectivity index (χ3n) is 20.4. The van der Waals surface area contributed by atoms with E-state index < -0.39 is 97.5 Å². The largest absolute Gasteiger partial charge is 0.472 e. The van der Waals surface area contributed by atoms with Crippen molar-refractivity contribution >= 4 is 39.5 Å². The van der Waals surface area contributed by atoms with Crippen molar-refractivity contribution in [3.05, 3.63) is 0 Å². The highest BCUT2D eigenvalue weighted by atomic mass is 31.2. The van der Waals surface area contributed by atoms with Crippen LogP contribution in [0.4, 0.5) is 0 Å². The normalized spacial score (nSPS) is 13.9. The van der Waals surface area contributed by atoms with Crippen molar-refractivity contribution in [2.24, 2.45) is 17.8 Å². The number of hydrogen-bond donors (Lipinski definition) is 3. The van der Waals surface area contributed by atoms with Crippen LogP contribution < -0.4 is 0 Å². The van der Waals surface area contributed by atoms with E-state index in [1.807, 2.05) is 0 Å². The summed E-state index contributed by atoms with van der Waals surface area (Å²) in [6, 6.07) is 0. The van der Waals surface area contributed by atoms with Crippen LogP contribution in [-0.2, 0) is 65.4 Å². The molecule has 0 bridgehead atoms. The molecular weight excluding hydrogens is 1380 g/mol. The maximum Gasteiger partial charge on any atom is 0.472 e. The lowest BCUT2D eigenvalue weighted by molar-refractivity contribution is -0.161. The Morgan fingerprint density at radius 2 is 0.434 bits per heavy atom. The molecule has 0 amide bonds. The average molecular weight is 1550 g/mol. The zero-order chi connectivity index (χ0) is 77.9. The number of carbonyl (C=O) groups is 4. The summed E-state index contributed by atoms with van der Waals surface area (Å²) in [5.74, 6) is 0.338. The van der Waals surface area contributed by atoms with Gasteiger partial charge in [-0.15, -0.1) is 0 Å². The van der Waals surface area contributed by atoms with Crippen LogP contribution in [0.15, 0.2) is 0 Å². The van der Waals surface area contributed by atoms with Crippen molar-refractivity contribution in [2.75, 3.05) is 39.6 Å². The topological polar surface area (TPSA) is 237 Å². The smallest absolute Gasteiger partial charge is 0.462 e. The summed E-state index contributed by atoms with van der Waals surface area (Å²) < 4.78 is 68.7. The van der Waals surface area contributed by atoms with Crippen molar-refractivity contribution < 1.29 is 80.2 Å². The van der Waals surface area contributed by atoms with Gasteiger partial charge in [0.05, 0.1) is 26.4 Å². The molecule has 0 aliphatic heterocycles. The molecule has 19 heteroatoms. The number of phosphoric acid groups is 2. The van der Waals surface area contributed by atoms with E-state index in [0.717, 1.165) is 114 Å². The first-order valence-corrected chi connectivity index (χ1v) is 47.8. The van der Waals surface area contributed by atoms with Gasteiger partial charge in [-0.3, -0.25) is 37.3 Å². The van der Waals surface area contributed by atoms with Gasteiger partial charge in [-0.05, 0) is 43.4 Å². The lowest BCUT2D eigenvalue weighted by Crippen LogP contribution is -2.30. The number of hydrogen-bond acceptors (Lipinski definition) is 15. The van der Waals surface area contributed by atoms with Crippen molar-refractivity contribution in [2.45, 2.75) is 478 Å². The predicted molar refractivity (Wildman–Crippen MR) is 437 cm³/mol. The molecule has 3 N–H and O–H groups in total. The molecule has 0 rings (SSSR count). The molecule has 106 heavy (non-hydrogen) atoms. The SMILES string of the molecule is CCCCCCCC(=O)OC[C@H](COP(=O)(O)OC[C@H](O)COP(=O)(O)OC[C@@H](COC(=O)CCCCCCCCCCCCCCCCCCCCC(C)C)OC(=O)CCCCCCCCCCCCCCCCCCCCC(C)C)OC(=O)CCCCCCCCCCCCCCCCCCC(C)C. The molecule has 0 fully saturated rings. The van der Waals surface area contributed by atoms with Crippen LogP contribution in [0, 0.1) is 17.8 Å². The van der Waals surface area contributed by atoms with E-state index >= 15 is 0 Å². The van der Waals surface area contributed by atoms with Gasteiger partial charge in [0.25, 0.3) is 0 Å². The van der Waals surface area contributed by atoms with E-state index in [2.05, 4.69) is 48.5 Å². The number of rotatable bonds is 85. The maximum absolute atomic E-state index is 13.1. The van der Waals surface area contributed by atoms with Crippen molar-refractivity contribution in [1.82, 2.24) is 0 Å². The van der Waals surface area contributed by atoms with Gasteiger partial charge in [0.1, 0.15) is 19.3 Å². The number of carbonyl (C=O) groups excluding carboxylic acids is 4. The molecule has 0 aromatic rings. The van der Waals surface area contributed by atoms with Gasteiger partial charge in [-0.2, -0.15) is 0 Å². The van der Waals surface area contributed by atoms with Gasteiger partial charge < -0.3 is 33.8 Å². The van der Waals surface area contributed by atoms with Gasteiger partial charge in [-0.1, -0.05) is 408 Å². The molecule has 0 saturated heterocycles. The lowest BCUT2D eigenvalue weighted by Gasteiger charge is -2.21. The molecule has 0 heterocycles. The van der Waals surface area contributed by atoms with Crippen LogP contribution in [0.2, 0.25) is 0 Å². The first kappa shape index (κ1) is 104.